The largest absolute Gasteiger partial charge is 0.379 e. The maximum atomic E-state index is 5.41. The Kier molecular flexibility index (Phi) is 5.97. The lowest BCUT2D eigenvalue weighted by Gasteiger charge is -2.26. The van der Waals surface area contributed by atoms with E-state index in [2.05, 4.69) is 47.5 Å². The van der Waals surface area contributed by atoms with Crippen LogP contribution in [0, 0.1) is 6.92 Å². The number of rotatable bonds is 7. The molecule has 1 aliphatic heterocycles. The zero-order valence-corrected chi connectivity index (χ0v) is 16.6. The molecule has 2 aromatic heterocycles. The average molecular weight is 383 g/mol. The first-order valence-electron chi connectivity index (χ1n) is 9.63. The molecule has 27 heavy (non-hydrogen) atoms. The standard InChI is InChI=1S/C21H26N4OS/c1-16-14-18-20(22-8-5-9-25-10-12-26-13-11-25)23-19(24-21(18)27-16)15-17-6-3-2-4-7-17/h2-4,6-7,14H,5,8-13,15H2,1H3,(H,22,23,24). The molecule has 0 amide bonds. The van der Waals surface area contributed by atoms with Crippen molar-refractivity contribution in [2.75, 3.05) is 44.7 Å². The highest BCUT2D eigenvalue weighted by atomic mass is 32.1. The first-order valence-corrected chi connectivity index (χ1v) is 10.4. The number of fused-ring (bicyclic) bond motifs is 1. The number of nitrogens with one attached hydrogen (secondary N) is 1. The number of hydrogen-bond acceptors (Lipinski definition) is 6. The van der Waals surface area contributed by atoms with E-state index in [1.807, 2.05) is 6.07 Å². The molecule has 0 saturated carbocycles. The molecule has 0 atom stereocenters. The number of hydrogen-bond donors (Lipinski definition) is 1. The minimum Gasteiger partial charge on any atom is -0.379 e. The van der Waals surface area contributed by atoms with Gasteiger partial charge < -0.3 is 10.1 Å². The van der Waals surface area contributed by atoms with Gasteiger partial charge in [-0.05, 0) is 31.5 Å². The van der Waals surface area contributed by atoms with E-state index in [1.54, 1.807) is 11.3 Å². The summed E-state index contributed by atoms with van der Waals surface area (Å²) in [5.74, 6) is 1.85. The van der Waals surface area contributed by atoms with Crippen molar-refractivity contribution in [3.05, 3.63) is 52.7 Å². The van der Waals surface area contributed by atoms with E-state index in [4.69, 9.17) is 14.7 Å². The van der Waals surface area contributed by atoms with Crippen LogP contribution in [0.3, 0.4) is 0 Å². The smallest absolute Gasteiger partial charge is 0.138 e. The molecule has 1 aromatic carbocycles. The number of nitrogens with zero attached hydrogens (tertiary/aromatic N) is 3. The molecule has 3 heterocycles. The summed E-state index contributed by atoms with van der Waals surface area (Å²) < 4.78 is 5.41. The third-order valence-corrected chi connectivity index (χ3v) is 5.76. The first-order chi connectivity index (χ1) is 13.3. The van der Waals surface area contributed by atoms with Crippen LogP contribution < -0.4 is 5.32 Å². The Labute approximate surface area is 164 Å². The first kappa shape index (κ1) is 18.3. The van der Waals surface area contributed by atoms with Gasteiger partial charge in [0.15, 0.2) is 0 Å². The Morgan fingerprint density at radius 3 is 2.78 bits per heavy atom. The highest BCUT2D eigenvalue weighted by molar-refractivity contribution is 7.18. The summed E-state index contributed by atoms with van der Waals surface area (Å²) in [5, 5.41) is 4.70. The summed E-state index contributed by atoms with van der Waals surface area (Å²) in [6.45, 7) is 7.96. The molecule has 5 nitrogen and oxygen atoms in total. The summed E-state index contributed by atoms with van der Waals surface area (Å²) in [6, 6.07) is 12.6. The summed E-state index contributed by atoms with van der Waals surface area (Å²) in [4.78, 5) is 14.5. The zero-order chi connectivity index (χ0) is 18.5. The molecule has 0 bridgehead atoms. The number of thiophene rings is 1. The minimum atomic E-state index is 0.760. The number of anilines is 1. The van der Waals surface area contributed by atoms with Crippen molar-refractivity contribution in [2.45, 2.75) is 19.8 Å². The highest BCUT2D eigenvalue weighted by Gasteiger charge is 2.12. The van der Waals surface area contributed by atoms with E-state index in [0.29, 0.717) is 0 Å². The summed E-state index contributed by atoms with van der Waals surface area (Å²) in [7, 11) is 0. The molecule has 4 rings (SSSR count). The predicted molar refractivity (Wildman–Crippen MR) is 112 cm³/mol. The lowest BCUT2D eigenvalue weighted by atomic mass is 10.1. The van der Waals surface area contributed by atoms with E-state index in [-0.39, 0.29) is 0 Å². The van der Waals surface area contributed by atoms with E-state index in [9.17, 15) is 0 Å². The van der Waals surface area contributed by atoms with Gasteiger partial charge in [0.1, 0.15) is 16.5 Å². The van der Waals surface area contributed by atoms with Gasteiger partial charge in [-0.1, -0.05) is 30.3 Å². The monoisotopic (exact) mass is 382 g/mol. The van der Waals surface area contributed by atoms with Crippen LogP contribution in [0.1, 0.15) is 22.7 Å². The van der Waals surface area contributed by atoms with E-state index < -0.39 is 0 Å². The van der Waals surface area contributed by atoms with Crippen LogP contribution in [-0.4, -0.2) is 54.3 Å². The molecule has 0 radical (unpaired) electrons. The van der Waals surface area contributed by atoms with Crippen molar-refractivity contribution in [2.24, 2.45) is 0 Å². The predicted octanol–water partition coefficient (Wildman–Crippen LogP) is 3.72. The fourth-order valence-corrected chi connectivity index (χ4v) is 4.31. The van der Waals surface area contributed by atoms with Crippen molar-refractivity contribution in [1.82, 2.24) is 14.9 Å². The van der Waals surface area contributed by atoms with Gasteiger partial charge >= 0.3 is 0 Å². The highest BCUT2D eigenvalue weighted by Crippen LogP contribution is 2.29. The quantitative estimate of drug-likeness (QED) is 0.631. The van der Waals surface area contributed by atoms with Crippen molar-refractivity contribution < 1.29 is 4.74 Å². The molecule has 1 aliphatic rings. The maximum Gasteiger partial charge on any atom is 0.138 e. The SMILES string of the molecule is Cc1cc2c(NCCCN3CCOCC3)nc(Cc3ccccc3)nc2s1. The molecule has 6 heteroatoms. The fourth-order valence-electron chi connectivity index (χ4n) is 3.41. The van der Waals surface area contributed by atoms with E-state index in [0.717, 1.165) is 74.1 Å². The number of benzene rings is 1. The second kappa shape index (κ2) is 8.78. The van der Waals surface area contributed by atoms with Crippen molar-refractivity contribution >= 4 is 27.4 Å². The molecule has 1 saturated heterocycles. The third kappa shape index (κ3) is 4.83. The lowest BCUT2D eigenvalue weighted by molar-refractivity contribution is 0.0378. The van der Waals surface area contributed by atoms with Crippen LogP contribution in [-0.2, 0) is 11.2 Å². The van der Waals surface area contributed by atoms with Crippen molar-refractivity contribution in [1.29, 1.82) is 0 Å². The number of ether oxygens (including phenoxy) is 1. The van der Waals surface area contributed by atoms with Crippen LogP contribution in [0.2, 0.25) is 0 Å². The topological polar surface area (TPSA) is 50.3 Å². The van der Waals surface area contributed by atoms with Gasteiger partial charge in [-0.3, -0.25) is 4.90 Å². The number of aryl methyl sites for hydroxylation is 1. The van der Waals surface area contributed by atoms with Gasteiger partial charge in [-0.2, -0.15) is 0 Å². The van der Waals surface area contributed by atoms with Crippen LogP contribution in [0.15, 0.2) is 36.4 Å². The Hall–Kier alpha value is -2.02. The number of morpholine rings is 1. The summed E-state index contributed by atoms with van der Waals surface area (Å²) in [6.07, 6.45) is 1.86. The summed E-state index contributed by atoms with van der Waals surface area (Å²) in [5.41, 5.74) is 1.24. The van der Waals surface area contributed by atoms with Crippen LogP contribution >= 0.6 is 11.3 Å². The molecule has 0 aliphatic carbocycles. The second-order valence-corrected chi connectivity index (χ2v) is 8.20. The van der Waals surface area contributed by atoms with E-state index >= 15 is 0 Å². The normalized spacial score (nSPS) is 15.3. The molecule has 0 unspecified atom stereocenters. The molecular weight excluding hydrogens is 356 g/mol. The zero-order valence-electron chi connectivity index (χ0n) is 15.8. The van der Waals surface area contributed by atoms with Crippen LogP contribution in [0.25, 0.3) is 10.2 Å². The van der Waals surface area contributed by atoms with Crippen LogP contribution in [0.4, 0.5) is 5.82 Å². The van der Waals surface area contributed by atoms with Gasteiger partial charge in [0, 0.05) is 30.9 Å². The fraction of sp³-hybridized carbons (Fsp3) is 0.429. The van der Waals surface area contributed by atoms with Gasteiger partial charge in [-0.25, -0.2) is 9.97 Å². The van der Waals surface area contributed by atoms with Gasteiger partial charge in [0.25, 0.3) is 0 Å². The maximum absolute atomic E-state index is 5.41. The van der Waals surface area contributed by atoms with Gasteiger partial charge in [-0.15, -0.1) is 11.3 Å². The molecule has 0 spiro atoms. The van der Waals surface area contributed by atoms with Gasteiger partial charge in [0.2, 0.25) is 0 Å². The average Bonchev–Trinajstić information content (AvgIpc) is 3.07. The molecule has 1 fully saturated rings. The third-order valence-electron chi connectivity index (χ3n) is 4.81. The minimum absolute atomic E-state index is 0.760. The Morgan fingerprint density at radius 2 is 1.96 bits per heavy atom. The summed E-state index contributed by atoms with van der Waals surface area (Å²) >= 11 is 1.74. The molecule has 142 valence electrons. The molecule has 1 N–H and O–H groups in total. The number of aromatic nitrogens is 2. The lowest BCUT2D eigenvalue weighted by Crippen LogP contribution is -2.37. The Bertz CT molecular complexity index is 875. The van der Waals surface area contributed by atoms with Crippen molar-refractivity contribution in [3.63, 3.8) is 0 Å². The second-order valence-electron chi connectivity index (χ2n) is 6.96. The molecule has 3 aromatic rings. The van der Waals surface area contributed by atoms with E-state index in [1.165, 1.54) is 10.4 Å². The molecular formula is C21H26N4OS. The van der Waals surface area contributed by atoms with Gasteiger partial charge in [0.05, 0.1) is 18.6 Å². The van der Waals surface area contributed by atoms with Crippen molar-refractivity contribution in [3.8, 4) is 0 Å². The Morgan fingerprint density at radius 1 is 1.15 bits per heavy atom. The van der Waals surface area contributed by atoms with Crippen LogP contribution in [0.5, 0.6) is 0 Å². The Balaban J connectivity index is 1.45.